The third-order valence-electron chi connectivity index (χ3n) is 4.32. The molecule has 28 heavy (non-hydrogen) atoms. The third-order valence-corrected chi connectivity index (χ3v) is 4.58. The van der Waals surface area contributed by atoms with Crippen molar-refractivity contribution in [1.29, 1.82) is 0 Å². The van der Waals surface area contributed by atoms with Crippen LogP contribution in [0.5, 0.6) is 0 Å². The number of nitrogens with zero attached hydrogens (tertiary/aromatic N) is 2. The summed E-state index contributed by atoms with van der Waals surface area (Å²) in [6.07, 6.45) is 0. The molecule has 0 atom stereocenters. The second-order valence-corrected chi connectivity index (χ2v) is 6.70. The van der Waals surface area contributed by atoms with Gasteiger partial charge in [-0.05, 0) is 42.5 Å². The summed E-state index contributed by atoms with van der Waals surface area (Å²) in [5.74, 6) is -0.582. The molecule has 3 aromatic rings. The van der Waals surface area contributed by atoms with Gasteiger partial charge in [-0.2, -0.15) is 0 Å². The number of rotatable bonds is 4. The Morgan fingerprint density at radius 1 is 0.929 bits per heavy atom. The molecule has 6 heteroatoms. The average Bonchev–Trinajstić information content (AvgIpc) is 2.96. The van der Waals surface area contributed by atoms with E-state index in [1.54, 1.807) is 36.4 Å². The number of halogens is 1. The number of hydrogen-bond acceptors (Lipinski definition) is 3. The minimum Gasteiger partial charge on any atom is -0.325 e. The van der Waals surface area contributed by atoms with Crippen molar-refractivity contribution in [2.45, 2.75) is 0 Å². The fraction of sp³-hybridized carbons (Fsp3) is 0.0455. The lowest BCUT2D eigenvalue weighted by molar-refractivity contribution is -0.118. The molecule has 0 radical (unpaired) electrons. The Balaban J connectivity index is 1.61. The van der Waals surface area contributed by atoms with Gasteiger partial charge in [0.25, 0.3) is 5.91 Å². The number of hydrogen-bond donors (Lipinski definition) is 1. The van der Waals surface area contributed by atoms with Crippen LogP contribution in [0.15, 0.2) is 83.9 Å². The summed E-state index contributed by atoms with van der Waals surface area (Å²) in [7, 11) is 0. The predicted molar refractivity (Wildman–Crippen MR) is 112 cm³/mol. The molecular formula is C22H16ClN3O2. The highest BCUT2D eigenvalue weighted by Crippen LogP contribution is 2.31. The Labute approximate surface area is 167 Å². The Bertz CT molecular complexity index is 1060. The predicted octanol–water partition coefficient (Wildman–Crippen LogP) is 4.45. The van der Waals surface area contributed by atoms with Crippen LogP contribution < -0.4 is 10.2 Å². The highest BCUT2D eigenvalue weighted by atomic mass is 35.5. The van der Waals surface area contributed by atoms with Crippen LogP contribution in [0.2, 0.25) is 5.02 Å². The first-order valence-corrected chi connectivity index (χ1v) is 9.10. The molecule has 0 saturated heterocycles. The number of aliphatic imine (C=N–C) groups is 1. The molecule has 0 fully saturated rings. The fourth-order valence-corrected chi connectivity index (χ4v) is 3.16. The quantitative estimate of drug-likeness (QED) is 0.716. The van der Waals surface area contributed by atoms with E-state index in [0.717, 1.165) is 0 Å². The van der Waals surface area contributed by atoms with Crippen molar-refractivity contribution in [3.63, 3.8) is 0 Å². The molecule has 3 aromatic carbocycles. The van der Waals surface area contributed by atoms with Crippen molar-refractivity contribution in [1.82, 2.24) is 0 Å². The minimum absolute atomic E-state index is 0.0929. The third kappa shape index (κ3) is 3.66. The molecule has 1 heterocycles. The molecular weight excluding hydrogens is 374 g/mol. The van der Waals surface area contributed by atoms with E-state index in [4.69, 9.17) is 11.6 Å². The summed E-state index contributed by atoms with van der Waals surface area (Å²) in [5.41, 5.74) is 2.99. The van der Waals surface area contributed by atoms with E-state index in [1.165, 1.54) is 4.90 Å². The summed E-state index contributed by atoms with van der Waals surface area (Å²) in [4.78, 5) is 31.4. The zero-order valence-electron chi connectivity index (χ0n) is 14.8. The van der Waals surface area contributed by atoms with Crippen molar-refractivity contribution in [2.75, 3.05) is 16.8 Å². The number of nitrogens with one attached hydrogen (secondary N) is 1. The number of benzene rings is 3. The molecule has 138 valence electrons. The standard InChI is InChI=1S/C22H16ClN3O2/c23-15-10-12-17(13-11-15)25-21-18-8-4-5-9-19(18)26(22(21)28)14-20(27)24-16-6-2-1-3-7-16/h1-13H,14H2,(H,24,27). The summed E-state index contributed by atoms with van der Waals surface area (Å²) in [5, 5.41) is 3.40. The maximum Gasteiger partial charge on any atom is 0.278 e. The zero-order chi connectivity index (χ0) is 19.5. The van der Waals surface area contributed by atoms with Crippen molar-refractivity contribution >= 4 is 46.2 Å². The molecule has 0 bridgehead atoms. The van der Waals surface area contributed by atoms with Crippen LogP contribution in [0, 0.1) is 0 Å². The van der Waals surface area contributed by atoms with Crippen molar-refractivity contribution < 1.29 is 9.59 Å². The first-order chi connectivity index (χ1) is 13.6. The van der Waals surface area contributed by atoms with Gasteiger partial charge in [0, 0.05) is 16.3 Å². The van der Waals surface area contributed by atoms with Gasteiger partial charge in [0.1, 0.15) is 12.3 Å². The van der Waals surface area contributed by atoms with Crippen molar-refractivity contribution in [3.8, 4) is 0 Å². The summed E-state index contributed by atoms with van der Waals surface area (Å²) in [6.45, 7) is -0.0929. The Hall–Kier alpha value is -3.44. The van der Waals surface area contributed by atoms with Gasteiger partial charge < -0.3 is 5.32 Å². The molecule has 1 aliphatic rings. The highest BCUT2D eigenvalue weighted by molar-refractivity contribution is 6.55. The fourth-order valence-electron chi connectivity index (χ4n) is 3.04. The molecule has 0 spiro atoms. The van der Waals surface area contributed by atoms with E-state index in [1.807, 2.05) is 42.5 Å². The highest BCUT2D eigenvalue weighted by Gasteiger charge is 2.34. The monoisotopic (exact) mass is 389 g/mol. The molecule has 2 amide bonds. The molecule has 1 aliphatic heterocycles. The second kappa shape index (κ2) is 7.66. The van der Waals surface area contributed by atoms with Gasteiger partial charge in [-0.3, -0.25) is 14.5 Å². The van der Waals surface area contributed by atoms with Crippen molar-refractivity contribution in [2.24, 2.45) is 4.99 Å². The minimum atomic E-state index is -0.306. The van der Waals surface area contributed by atoms with Crippen LogP contribution in [0.4, 0.5) is 17.1 Å². The number of anilines is 2. The maximum absolute atomic E-state index is 13.0. The number of para-hydroxylation sites is 2. The molecule has 0 saturated carbocycles. The number of fused-ring (bicyclic) bond motifs is 1. The lowest BCUT2D eigenvalue weighted by Gasteiger charge is -2.16. The van der Waals surface area contributed by atoms with E-state index in [0.29, 0.717) is 33.4 Å². The molecule has 5 nitrogen and oxygen atoms in total. The van der Waals surface area contributed by atoms with Crippen LogP contribution in [-0.2, 0) is 9.59 Å². The van der Waals surface area contributed by atoms with E-state index < -0.39 is 0 Å². The van der Waals surface area contributed by atoms with E-state index in [9.17, 15) is 9.59 Å². The smallest absolute Gasteiger partial charge is 0.278 e. The summed E-state index contributed by atoms with van der Waals surface area (Å²) in [6, 6.07) is 23.4. The van der Waals surface area contributed by atoms with E-state index >= 15 is 0 Å². The van der Waals surface area contributed by atoms with Gasteiger partial charge in [0.2, 0.25) is 5.91 Å². The maximum atomic E-state index is 13.0. The van der Waals surface area contributed by atoms with Crippen LogP contribution in [0.3, 0.4) is 0 Å². The number of carbonyl (C=O) groups excluding carboxylic acids is 2. The first-order valence-electron chi connectivity index (χ1n) is 8.72. The lowest BCUT2D eigenvalue weighted by Crippen LogP contribution is -2.37. The second-order valence-electron chi connectivity index (χ2n) is 6.26. The Morgan fingerprint density at radius 2 is 1.61 bits per heavy atom. The van der Waals surface area contributed by atoms with Gasteiger partial charge in [-0.25, -0.2) is 4.99 Å². The SMILES string of the molecule is O=C(CN1C(=O)C(=Nc2ccc(Cl)cc2)c2ccccc21)Nc1ccccc1. The molecule has 1 N–H and O–H groups in total. The normalized spacial score (nSPS) is 14.2. The van der Waals surface area contributed by atoms with Crippen LogP contribution in [0.1, 0.15) is 5.56 Å². The molecule has 0 aromatic heterocycles. The van der Waals surface area contributed by atoms with Crippen LogP contribution in [-0.4, -0.2) is 24.1 Å². The first kappa shape index (κ1) is 17.9. The van der Waals surface area contributed by atoms with Gasteiger partial charge in [-0.1, -0.05) is 48.0 Å². The number of carbonyl (C=O) groups is 2. The molecule has 4 rings (SSSR count). The van der Waals surface area contributed by atoms with Crippen LogP contribution >= 0.6 is 11.6 Å². The van der Waals surface area contributed by atoms with Crippen LogP contribution in [0.25, 0.3) is 0 Å². The average molecular weight is 390 g/mol. The van der Waals surface area contributed by atoms with Gasteiger partial charge in [0.15, 0.2) is 0 Å². The molecule has 0 aliphatic carbocycles. The molecule has 0 unspecified atom stereocenters. The van der Waals surface area contributed by atoms with Crippen molar-refractivity contribution in [3.05, 3.63) is 89.4 Å². The topological polar surface area (TPSA) is 61.8 Å². The zero-order valence-corrected chi connectivity index (χ0v) is 15.6. The van der Waals surface area contributed by atoms with E-state index in [2.05, 4.69) is 10.3 Å². The van der Waals surface area contributed by atoms with Gasteiger partial charge in [0.05, 0.1) is 11.4 Å². The largest absolute Gasteiger partial charge is 0.325 e. The summed E-state index contributed by atoms with van der Waals surface area (Å²) < 4.78 is 0. The summed E-state index contributed by atoms with van der Waals surface area (Å²) >= 11 is 5.92. The van der Waals surface area contributed by atoms with Gasteiger partial charge >= 0.3 is 0 Å². The Morgan fingerprint density at radius 3 is 2.36 bits per heavy atom. The number of amides is 2. The van der Waals surface area contributed by atoms with Gasteiger partial charge in [-0.15, -0.1) is 0 Å². The van der Waals surface area contributed by atoms with E-state index in [-0.39, 0.29) is 18.4 Å². The Kier molecular flexibility index (Phi) is 4.91. The lowest BCUT2D eigenvalue weighted by atomic mass is 10.1.